The lowest BCUT2D eigenvalue weighted by Gasteiger charge is -2.26. The van der Waals surface area contributed by atoms with Gasteiger partial charge in [-0.3, -0.25) is 4.79 Å². The van der Waals surface area contributed by atoms with Crippen LogP contribution in [0.1, 0.15) is 35.2 Å². The molecular weight excluding hydrogens is 460 g/mol. The highest BCUT2D eigenvalue weighted by Crippen LogP contribution is 2.25. The third kappa shape index (κ3) is 5.29. The maximum Gasteiger partial charge on any atom is 0.338 e. The van der Waals surface area contributed by atoms with Gasteiger partial charge in [-0.25, -0.2) is 17.9 Å². The summed E-state index contributed by atoms with van der Waals surface area (Å²) in [5.41, 5.74) is 1.96. The molecule has 1 aliphatic rings. The monoisotopic (exact) mass is 484 g/mol. The predicted molar refractivity (Wildman–Crippen MR) is 122 cm³/mol. The van der Waals surface area contributed by atoms with Crippen LogP contribution in [0.25, 0.3) is 5.69 Å². The summed E-state index contributed by atoms with van der Waals surface area (Å²) in [6, 6.07) is 11.0. The van der Waals surface area contributed by atoms with Crippen LogP contribution in [0.4, 0.5) is 5.69 Å². The van der Waals surface area contributed by atoms with E-state index >= 15 is 0 Å². The predicted octanol–water partition coefficient (Wildman–Crippen LogP) is 1.94. The SMILES string of the molecule is Cc1ccc(S(=O)(=O)N2CCCCC2)cc1NC(=O)COC(=O)c1ccc(-n2cnnn2)cc1. The Labute approximate surface area is 196 Å². The van der Waals surface area contributed by atoms with Crippen molar-refractivity contribution in [2.75, 3.05) is 25.0 Å². The van der Waals surface area contributed by atoms with Crippen molar-refractivity contribution in [3.63, 3.8) is 0 Å². The number of carbonyl (C=O) groups excluding carboxylic acids is 2. The van der Waals surface area contributed by atoms with Gasteiger partial charge in [0.15, 0.2) is 6.61 Å². The second-order valence-electron chi connectivity index (χ2n) is 7.87. The molecule has 12 heteroatoms. The lowest BCUT2D eigenvalue weighted by molar-refractivity contribution is -0.119. The van der Waals surface area contributed by atoms with Crippen LogP contribution in [0.5, 0.6) is 0 Å². The molecule has 178 valence electrons. The molecule has 1 N–H and O–H groups in total. The minimum Gasteiger partial charge on any atom is -0.452 e. The fraction of sp³-hybridized carbons (Fsp3) is 0.318. The summed E-state index contributed by atoms with van der Waals surface area (Å²) in [6.07, 6.45) is 4.11. The number of aromatic nitrogens is 4. The van der Waals surface area contributed by atoms with E-state index in [1.807, 2.05) is 0 Å². The largest absolute Gasteiger partial charge is 0.452 e. The molecule has 1 aliphatic heterocycles. The van der Waals surface area contributed by atoms with Crippen LogP contribution in [0, 0.1) is 6.92 Å². The maximum atomic E-state index is 12.9. The Morgan fingerprint density at radius 1 is 1.06 bits per heavy atom. The van der Waals surface area contributed by atoms with Crippen LogP contribution in [0.15, 0.2) is 53.7 Å². The molecule has 2 heterocycles. The fourth-order valence-electron chi connectivity index (χ4n) is 3.58. The molecule has 0 spiro atoms. The lowest BCUT2D eigenvalue weighted by Crippen LogP contribution is -2.35. The van der Waals surface area contributed by atoms with Gasteiger partial charge in [0, 0.05) is 18.8 Å². The van der Waals surface area contributed by atoms with Crippen molar-refractivity contribution < 1.29 is 22.7 Å². The van der Waals surface area contributed by atoms with Gasteiger partial charge in [0.25, 0.3) is 5.91 Å². The number of tetrazole rings is 1. The summed E-state index contributed by atoms with van der Waals surface area (Å²) >= 11 is 0. The van der Waals surface area contributed by atoms with Crippen LogP contribution >= 0.6 is 0 Å². The van der Waals surface area contributed by atoms with E-state index in [4.69, 9.17) is 4.74 Å². The maximum absolute atomic E-state index is 12.9. The van der Waals surface area contributed by atoms with E-state index in [0.29, 0.717) is 30.0 Å². The van der Waals surface area contributed by atoms with Crippen LogP contribution in [0.3, 0.4) is 0 Å². The zero-order valence-electron chi connectivity index (χ0n) is 18.5. The van der Waals surface area contributed by atoms with E-state index in [-0.39, 0.29) is 10.5 Å². The van der Waals surface area contributed by atoms with Crippen molar-refractivity contribution >= 4 is 27.6 Å². The minimum absolute atomic E-state index is 0.120. The molecule has 3 aromatic rings. The number of ether oxygens (including phenoxy) is 1. The first-order valence-corrected chi connectivity index (χ1v) is 12.2. The highest BCUT2D eigenvalue weighted by molar-refractivity contribution is 7.89. The first-order valence-electron chi connectivity index (χ1n) is 10.8. The lowest BCUT2D eigenvalue weighted by atomic mass is 10.2. The average molecular weight is 485 g/mol. The molecule has 1 aromatic heterocycles. The summed E-state index contributed by atoms with van der Waals surface area (Å²) in [5, 5.41) is 13.5. The van der Waals surface area contributed by atoms with Crippen molar-refractivity contribution in [3.8, 4) is 5.69 Å². The number of hydrogen-bond donors (Lipinski definition) is 1. The second kappa shape index (κ2) is 10.1. The number of aryl methyl sites for hydroxylation is 1. The van der Waals surface area contributed by atoms with Gasteiger partial charge in [-0.2, -0.15) is 4.31 Å². The number of piperidine rings is 1. The minimum atomic E-state index is -3.64. The van der Waals surface area contributed by atoms with E-state index in [9.17, 15) is 18.0 Å². The second-order valence-corrected chi connectivity index (χ2v) is 9.80. The molecule has 0 saturated carbocycles. The van der Waals surface area contributed by atoms with Gasteiger partial charge in [-0.1, -0.05) is 12.5 Å². The highest BCUT2D eigenvalue weighted by Gasteiger charge is 2.26. The van der Waals surface area contributed by atoms with Gasteiger partial charge in [0.2, 0.25) is 10.0 Å². The molecular formula is C22H24N6O5S. The molecule has 1 amide bonds. The Morgan fingerprint density at radius 3 is 2.47 bits per heavy atom. The Kier molecular flexibility index (Phi) is 6.98. The molecule has 0 unspecified atom stereocenters. The zero-order valence-corrected chi connectivity index (χ0v) is 19.4. The third-order valence-corrected chi connectivity index (χ3v) is 7.38. The Hall–Kier alpha value is -3.64. The first-order chi connectivity index (χ1) is 16.3. The number of rotatable bonds is 7. The summed E-state index contributed by atoms with van der Waals surface area (Å²) < 4.78 is 33.9. The van der Waals surface area contributed by atoms with E-state index in [1.165, 1.54) is 39.6 Å². The quantitative estimate of drug-likeness (QED) is 0.503. The van der Waals surface area contributed by atoms with Gasteiger partial charge in [-0.15, -0.1) is 5.10 Å². The van der Waals surface area contributed by atoms with Crippen molar-refractivity contribution in [1.29, 1.82) is 0 Å². The normalized spacial score (nSPS) is 14.5. The van der Waals surface area contributed by atoms with Gasteiger partial charge in [0.05, 0.1) is 16.1 Å². The molecule has 0 radical (unpaired) electrons. The molecule has 2 aromatic carbocycles. The van der Waals surface area contributed by atoms with E-state index < -0.39 is 28.5 Å². The Morgan fingerprint density at radius 2 is 1.79 bits per heavy atom. The number of amides is 1. The fourth-order valence-corrected chi connectivity index (χ4v) is 5.12. The highest BCUT2D eigenvalue weighted by atomic mass is 32.2. The van der Waals surface area contributed by atoms with Crippen molar-refractivity contribution in [1.82, 2.24) is 24.5 Å². The number of hydrogen-bond acceptors (Lipinski definition) is 8. The molecule has 4 rings (SSSR count). The summed E-state index contributed by atoms with van der Waals surface area (Å²) in [4.78, 5) is 24.8. The van der Waals surface area contributed by atoms with Gasteiger partial charge in [-0.05, 0) is 72.2 Å². The number of esters is 1. The smallest absolute Gasteiger partial charge is 0.338 e. The molecule has 1 saturated heterocycles. The average Bonchev–Trinajstić information content (AvgIpc) is 3.39. The number of anilines is 1. The standard InChI is InChI=1S/C22H24N6O5S/c1-16-5-10-19(34(31,32)27-11-3-2-4-12-27)13-20(16)24-21(29)14-33-22(30)17-6-8-18(9-7-17)28-15-23-25-26-28/h5-10,13,15H,2-4,11-12,14H2,1H3,(H,24,29). The van der Waals surface area contributed by atoms with Crippen molar-refractivity contribution in [2.45, 2.75) is 31.1 Å². The number of benzene rings is 2. The van der Waals surface area contributed by atoms with Crippen LogP contribution in [0.2, 0.25) is 0 Å². The molecule has 11 nitrogen and oxygen atoms in total. The topological polar surface area (TPSA) is 136 Å². The third-order valence-electron chi connectivity index (χ3n) is 5.49. The summed E-state index contributed by atoms with van der Waals surface area (Å²) in [6.45, 7) is 2.22. The molecule has 34 heavy (non-hydrogen) atoms. The van der Waals surface area contributed by atoms with E-state index in [0.717, 1.165) is 19.3 Å². The van der Waals surface area contributed by atoms with Crippen molar-refractivity contribution in [3.05, 3.63) is 59.9 Å². The van der Waals surface area contributed by atoms with Crippen LogP contribution < -0.4 is 5.32 Å². The van der Waals surface area contributed by atoms with Crippen LogP contribution in [-0.2, 0) is 19.6 Å². The van der Waals surface area contributed by atoms with Crippen molar-refractivity contribution in [2.24, 2.45) is 0 Å². The summed E-state index contributed by atoms with van der Waals surface area (Å²) in [5.74, 6) is -1.24. The van der Waals surface area contributed by atoms with E-state index in [1.54, 1.807) is 25.1 Å². The molecule has 0 bridgehead atoms. The number of nitrogens with one attached hydrogen (secondary N) is 1. The van der Waals surface area contributed by atoms with E-state index in [2.05, 4.69) is 20.8 Å². The molecule has 0 aliphatic carbocycles. The number of carbonyl (C=O) groups is 2. The van der Waals surface area contributed by atoms with Crippen LogP contribution in [-0.4, -0.2) is 64.5 Å². The van der Waals surface area contributed by atoms with Gasteiger partial charge in [0.1, 0.15) is 6.33 Å². The Bertz CT molecular complexity index is 1270. The molecule has 1 fully saturated rings. The first kappa shape index (κ1) is 23.5. The number of nitrogens with zero attached hydrogens (tertiary/aromatic N) is 5. The Balaban J connectivity index is 1.37. The van der Waals surface area contributed by atoms with Gasteiger partial charge < -0.3 is 10.1 Å². The molecule has 0 atom stereocenters. The number of sulfonamides is 1. The van der Waals surface area contributed by atoms with Gasteiger partial charge >= 0.3 is 5.97 Å². The summed E-state index contributed by atoms with van der Waals surface area (Å²) in [7, 11) is -3.64. The zero-order chi connectivity index (χ0) is 24.1.